The largest absolute Gasteiger partial charge is 0.495 e. The summed E-state index contributed by atoms with van der Waals surface area (Å²) >= 11 is 0. The lowest BCUT2D eigenvalue weighted by molar-refractivity contribution is -0.384. The number of carbonyl (C=O) groups excluding carboxylic acids is 1. The van der Waals surface area contributed by atoms with Crippen molar-refractivity contribution < 1.29 is 14.5 Å². The van der Waals surface area contributed by atoms with Crippen molar-refractivity contribution in [2.45, 2.75) is 19.3 Å². The second-order valence-electron chi connectivity index (χ2n) is 6.97. The molecule has 8 nitrogen and oxygen atoms in total. The van der Waals surface area contributed by atoms with E-state index in [0.29, 0.717) is 23.7 Å². The number of carbonyl (C=O) groups is 1. The lowest BCUT2D eigenvalue weighted by atomic mass is 10.1. The zero-order valence-corrected chi connectivity index (χ0v) is 16.5. The Bertz CT molecular complexity index is 866. The van der Waals surface area contributed by atoms with Gasteiger partial charge in [0.25, 0.3) is 11.6 Å². The quantitative estimate of drug-likeness (QED) is 0.521. The Balaban J connectivity index is 1.76. The summed E-state index contributed by atoms with van der Waals surface area (Å²) in [5.74, 6) is 0.269. The van der Waals surface area contributed by atoms with E-state index >= 15 is 0 Å². The van der Waals surface area contributed by atoms with Crippen molar-refractivity contribution in [3.8, 4) is 5.75 Å². The van der Waals surface area contributed by atoms with Gasteiger partial charge >= 0.3 is 0 Å². The molecule has 1 heterocycles. The summed E-state index contributed by atoms with van der Waals surface area (Å²) in [7, 11) is 1.56. The van der Waals surface area contributed by atoms with Gasteiger partial charge in [-0.1, -0.05) is 18.6 Å². The summed E-state index contributed by atoms with van der Waals surface area (Å²) in [6, 6.07) is 11.5. The van der Waals surface area contributed by atoms with Crippen LogP contribution in [0, 0.1) is 10.1 Å². The number of non-ortho nitro benzene ring substituents is 1. The van der Waals surface area contributed by atoms with Gasteiger partial charge in [0.05, 0.1) is 29.0 Å². The highest BCUT2D eigenvalue weighted by atomic mass is 16.6. The summed E-state index contributed by atoms with van der Waals surface area (Å²) in [6.07, 6.45) is 3.63. The maximum Gasteiger partial charge on any atom is 0.270 e. The number of anilines is 2. The highest BCUT2D eigenvalue weighted by Gasteiger charge is 2.18. The summed E-state index contributed by atoms with van der Waals surface area (Å²) < 4.78 is 5.34. The van der Waals surface area contributed by atoms with Crippen molar-refractivity contribution in [1.29, 1.82) is 0 Å². The van der Waals surface area contributed by atoms with Crippen LogP contribution in [0.15, 0.2) is 42.5 Å². The zero-order chi connectivity index (χ0) is 20.6. The van der Waals surface area contributed by atoms with Gasteiger partial charge in [-0.25, -0.2) is 0 Å². The third-order valence-electron chi connectivity index (χ3n) is 5.00. The molecule has 29 heavy (non-hydrogen) atoms. The molecule has 3 rings (SSSR count). The molecule has 1 fully saturated rings. The highest BCUT2D eigenvalue weighted by molar-refractivity contribution is 6.01. The van der Waals surface area contributed by atoms with Crippen molar-refractivity contribution in [1.82, 2.24) is 10.2 Å². The molecule has 2 aromatic carbocycles. The van der Waals surface area contributed by atoms with Gasteiger partial charge in [-0.15, -0.1) is 0 Å². The molecule has 2 aromatic rings. The minimum absolute atomic E-state index is 0.128. The second-order valence-corrected chi connectivity index (χ2v) is 6.97. The number of nitro benzene ring substituents is 1. The Labute approximate surface area is 170 Å². The predicted octanol–water partition coefficient (Wildman–Crippen LogP) is 3.56. The van der Waals surface area contributed by atoms with Crippen LogP contribution in [0.4, 0.5) is 17.1 Å². The lowest BCUT2D eigenvalue weighted by Crippen LogP contribution is -2.37. The van der Waals surface area contributed by atoms with Crippen molar-refractivity contribution in [2.24, 2.45) is 0 Å². The number of nitrogens with zero attached hydrogens (tertiary/aromatic N) is 2. The fourth-order valence-corrected chi connectivity index (χ4v) is 3.44. The molecule has 0 unspecified atom stereocenters. The molecule has 1 amide bonds. The number of benzene rings is 2. The Hall–Kier alpha value is -3.13. The van der Waals surface area contributed by atoms with Gasteiger partial charge < -0.3 is 20.3 Å². The number of hydrogen-bond acceptors (Lipinski definition) is 6. The van der Waals surface area contributed by atoms with Crippen molar-refractivity contribution in [3.63, 3.8) is 0 Å². The molecule has 0 bridgehead atoms. The molecular formula is C21H26N4O4. The number of piperidine rings is 1. The molecule has 0 spiro atoms. The molecular weight excluding hydrogens is 372 g/mol. The standard InChI is InChI=1S/C21H26N4O4/c1-29-20-8-4-3-7-19(20)23-18-10-9-16(25(27)28)15-17(18)21(26)22-11-14-24-12-5-2-6-13-24/h3-4,7-10,15,23H,2,5-6,11-14H2,1H3,(H,22,26). The number of methoxy groups -OCH3 is 1. The van der Waals surface area contributed by atoms with E-state index in [0.717, 1.165) is 19.6 Å². The number of nitro groups is 1. The lowest BCUT2D eigenvalue weighted by Gasteiger charge is -2.26. The van der Waals surface area contributed by atoms with Crippen molar-refractivity contribution in [3.05, 3.63) is 58.1 Å². The first-order chi connectivity index (χ1) is 14.1. The first-order valence-electron chi connectivity index (χ1n) is 9.77. The van der Waals surface area contributed by atoms with Crippen LogP contribution in [0.2, 0.25) is 0 Å². The van der Waals surface area contributed by atoms with Gasteiger partial charge in [-0.05, 0) is 44.1 Å². The van der Waals surface area contributed by atoms with Crippen molar-refractivity contribution in [2.75, 3.05) is 38.6 Å². The van der Waals surface area contributed by atoms with Crippen LogP contribution < -0.4 is 15.4 Å². The molecule has 0 saturated carbocycles. The van der Waals surface area contributed by atoms with E-state index in [2.05, 4.69) is 15.5 Å². The Morgan fingerprint density at radius 2 is 1.90 bits per heavy atom. The maximum atomic E-state index is 12.8. The van der Waals surface area contributed by atoms with Gasteiger partial charge in [-0.3, -0.25) is 14.9 Å². The number of rotatable bonds is 8. The predicted molar refractivity (Wildman–Crippen MR) is 112 cm³/mol. The van der Waals surface area contributed by atoms with E-state index < -0.39 is 4.92 Å². The van der Waals surface area contributed by atoms with Crippen LogP contribution in [0.25, 0.3) is 0 Å². The molecule has 1 saturated heterocycles. The third-order valence-corrected chi connectivity index (χ3v) is 5.00. The SMILES string of the molecule is COc1ccccc1Nc1ccc([N+](=O)[O-])cc1C(=O)NCCN1CCCCC1. The van der Waals surface area contributed by atoms with Crippen LogP contribution in [0.3, 0.4) is 0 Å². The molecule has 8 heteroatoms. The summed E-state index contributed by atoms with van der Waals surface area (Å²) in [5, 5.41) is 17.2. The molecule has 0 radical (unpaired) electrons. The average molecular weight is 398 g/mol. The first kappa shape index (κ1) is 20.6. The van der Waals surface area contributed by atoms with Crippen LogP contribution in [-0.2, 0) is 0 Å². The van der Waals surface area contributed by atoms with Gasteiger partial charge in [0.15, 0.2) is 0 Å². The Kier molecular flexibility index (Phi) is 7.02. The smallest absolute Gasteiger partial charge is 0.270 e. The summed E-state index contributed by atoms with van der Waals surface area (Å²) in [6.45, 7) is 3.37. The van der Waals surface area contributed by atoms with E-state index in [9.17, 15) is 14.9 Å². The van der Waals surface area contributed by atoms with E-state index in [4.69, 9.17) is 4.74 Å². The fourth-order valence-electron chi connectivity index (χ4n) is 3.44. The number of nitrogens with one attached hydrogen (secondary N) is 2. The summed E-state index contributed by atoms with van der Waals surface area (Å²) in [5.41, 5.74) is 1.25. The summed E-state index contributed by atoms with van der Waals surface area (Å²) in [4.78, 5) is 25.8. The normalized spacial score (nSPS) is 14.2. The van der Waals surface area contributed by atoms with Crippen LogP contribution in [0.1, 0.15) is 29.6 Å². The fraction of sp³-hybridized carbons (Fsp3) is 0.381. The molecule has 0 aromatic heterocycles. The number of para-hydroxylation sites is 2. The molecule has 1 aliphatic heterocycles. The highest BCUT2D eigenvalue weighted by Crippen LogP contribution is 2.30. The van der Waals surface area contributed by atoms with Gasteiger partial charge in [0.2, 0.25) is 0 Å². The van der Waals surface area contributed by atoms with Gasteiger partial charge in [0, 0.05) is 25.2 Å². The van der Waals surface area contributed by atoms with Crippen LogP contribution in [-0.4, -0.2) is 49.0 Å². The zero-order valence-electron chi connectivity index (χ0n) is 16.5. The molecule has 154 valence electrons. The minimum Gasteiger partial charge on any atom is -0.495 e. The molecule has 0 aliphatic carbocycles. The average Bonchev–Trinajstić information content (AvgIpc) is 2.75. The Morgan fingerprint density at radius 1 is 1.14 bits per heavy atom. The van der Waals surface area contributed by atoms with Crippen LogP contribution >= 0.6 is 0 Å². The van der Waals surface area contributed by atoms with Crippen LogP contribution in [0.5, 0.6) is 5.75 Å². The number of ether oxygens (including phenoxy) is 1. The second kappa shape index (κ2) is 9.88. The monoisotopic (exact) mass is 398 g/mol. The first-order valence-corrected chi connectivity index (χ1v) is 9.77. The minimum atomic E-state index is -0.503. The topological polar surface area (TPSA) is 96.7 Å². The maximum absolute atomic E-state index is 12.8. The van der Waals surface area contributed by atoms with Crippen molar-refractivity contribution >= 4 is 23.0 Å². The van der Waals surface area contributed by atoms with E-state index in [1.54, 1.807) is 19.2 Å². The molecule has 0 atom stereocenters. The van der Waals surface area contributed by atoms with Gasteiger partial charge in [0.1, 0.15) is 5.75 Å². The number of likely N-dealkylation sites (tertiary alicyclic amines) is 1. The van der Waals surface area contributed by atoms with E-state index in [1.165, 1.54) is 31.4 Å². The van der Waals surface area contributed by atoms with E-state index in [1.807, 2.05) is 18.2 Å². The molecule has 2 N–H and O–H groups in total. The Morgan fingerprint density at radius 3 is 2.62 bits per heavy atom. The number of hydrogen-bond donors (Lipinski definition) is 2. The van der Waals surface area contributed by atoms with Gasteiger partial charge in [-0.2, -0.15) is 0 Å². The van der Waals surface area contributed by atoms with E-state index in [-0.39, 0.29) is 17.2 Å². The number of amides is 1. The third kappa shape index (κ3) is 5.45. The molecule has 1 aliphatic rings.